The van der Waals surface area contributed by atoms with Crippen LogP contribution in [-0.2, 0) is 14.8 Å². The van der Waals surface area contributed by atoms with Crippen molar-refractivity contribution in [1.29, 1.82) is 0 Å². The first-order chi connectivity index (χ1) is 14.2. The molecule has 0 atom stereocenters. The minimum atomic E-state index is -3.57. The summed E-state index contributed by atoms with van der Waals surface area (Å²) < 4.78 is 27.8. The van der Waals surface area contributed by atoms with Gasteiger partial charge in [0.15, 0.2) is 0 Å². The van der Waals surface area contributed by atoms with E-state index in [9.17, 15) is 13.2 Å². The third kappa shape index (κ3) is 6.28. The van der Waals surface area contributed by atoms with Crippen LogP contribution in [0.3, 0.4) is 0 Å². The van der Waals surface area contributed by atoms with Gasteiger partial charge in [0.25, 0.3) is 0 Å². The highest BCUT2D eigenvalue weighted by atomic mass is 35.5. The summed E-state index contributed by atoms with van der Waals surface area (Å²) >= 11 is 5.83. The lowest BCUT2D eigenvalue weighted by molar-refractivity contribution is -0.117. The Labute approximate surface area is 183 Å². The highest BCUT2D eigenvalue weighted by molar-refractivity contribution is 7.89. The molecule has 0 saturated carbocycles. The number of nitrogens with zero attached hydrogens (tertiary/aromatic N) is 1. The zero-order valence-corrected chi connectivity index (χ0v) is 18.8. The minimum Gasteiger partial charge on any atom is -0.325 e. The second kappa shape index (κ2) is 9.92. The average molecular weight is 450 g/mol. The van der Waals surface area contributed by atoms with Crippen LogP contribution >= 0.6 is 11.6 Å². The second-order valence-electron chi connectivity index (χ2n) is 7.95. The molecular formula is C22H28ClN3O3S. The smallest absolute Gasteiger partial charge is 0.240 e. The Kier molecular flexibility index (Phi) is 7.52. The van der Waals surface area contributed by atoms with E-state index in [1.165, 1.54) is 17.7 Å². The Morgan fingerprint density at radius 2 is 1.67 bits per heavy atom. The number of nitrogens with one attached hydrogen (secondary N) is 2. The van der Waals surface area contributed by atoms with Crippen molar-refractivity contribution in [1.82, 2.24) is 9.62 Å². The number of carbonyl (C=O) groups is 1. The summed E-state index contributed by atoms with van der Waals surface area (Å²) in [5.74, 6) is 0.389. The normalized spacial score (nSPS) is 16.0. The molecule has 6 nitrogen and oxygen atoms in total. The number of amides is 1. The van der Waals surface area contributed by atoms with Gasteiger partial charge in [-0.2, -0.15) is 0 Å². The Morgan fingerprint density at radius 3 is 2.23 bits per heavy atom. The van der Waals surface area contributed by atoms with Gasteiger partial charge < -0.3 is 5.32 Å². The number of halogens is 1. The predicted molar refractivity (Wildman–Crippen MR) is 120 cm³/mol. The van der Waals surface area contributed by atoms with Gasteiger partial charge in [-0.3, -0.25) is 9.69 Å². The summed E-state index contributed by atoms with van der Waals surface area (Å²) in [4.78, 5) is 14.6. The number of benzene rings is 2. The maximum absolute atomic E-state index is 12.5. The number of carbonyl (C=O) groups excluding carboxylic acids is 1. The van der Waals surface area contributed by atoms with Gasteiger partial charge in [0.2, 0.25) is 15.9 Å². The van der Waals surface area contributed by atoms with E-state index in [1.807, 2.05) is 29.2 Å². The van der Waals surface area contributed by atoms with E-state index < -0.39 is 10.0 Å². The molecule has 1 heterocycles. The standard InChI is InChI=1S/C22H28ClN3O3S/c1-16(2)17-3-7-19(8-4-17)24-22(27)15-26-13-11-20(12-14-26)25-30(28,29)21-9-5-18(23)6-10-21/h3-10,16,20,25H,11-15H2,1-2H3,(H,24,27). The highest BCUT2D eigenvalue weighted by Crippen LogP contribution is 2.19. The third-order valence-corrected chi connectivity index (χ3v) is 7.05. The number of rotatable bonds is 7. The van der Waals surface area contributed by atoms with Crippen LogP contribution in [0.4, 0.5) is 5.69 Å². The molecule has 1 fully saturated rings. The van der Waals surface area contributed by atoms with Gasteiger partial charge in [0.1, 0.15) is 0 Å². The Morgan fingerprint density at radius 1 is 1.07 bits per heavy atom. The van der Waals surface area contributed by atoms with Crippen molar-refractivity contribution in [3.63, 3.8) is 0 Å². The van der Waals surface area contributed by atoms with E-state index in [1.54, 1.807) is 12.1 Å². The van der Waals surface area contributed by atoms with Crippen LogP contribution in [0.15, 0.2) is 53.4 Å². The molecule has 0 radical (unpaired) electrons. The van der Waals surface area contributed by atoms with E-state index in [2.05, 4.69) is 23.9 Å². The van der Waals surface area contributed by atoms with Crippen LogP contribution in [0.2, 0.25) is 5.02 Å². The molecule has 0 spiro atoms. The fourth-order valence-corrected chi connectivity index (χ4v) is 4.90. The van der Waals surface area contributed by atoms with Crippen LogP contribution in [0.5, 0.6) is 0 Å². The van der Waals surface area contributed by atoms with E-state index in [0.717, 1.165) is 5.69 Å². The number of piperidine rings is 1. The van der Waals surface area contributed by atoms with Crippen molar-refractivity contribution < 1.29 is 13.2 Å². The zero-order valence-electron chi connectivity index (χ0n) is 17.3. The molecule has 0 bridgehead atoms. The molecule has 2 aromatic carbocycles. The van der Waals surface area contributed by atoms with Crippen molar-refractivity contribution in [3.8, 4) is 0 Å². The number of likely N-dealkylation sites (tertiary alicyclic amines) is 1. The van der Waals surface area contributed by atoms with Gasteiger partial charge in [-0.05, 0) is 60.7 Å². The molecule has 2 N–H and O–H groups in total. The lowest BCUT2D eigenvalue weighted by Gasteiger charge is -2.31. The number of hydrogen-bond acceptors (Lipinski definition) is 4. The molecule has 1 aliphatic rings. The van der Waals surface area contributed by atoms with Crippen molar-refractivity contribution in [2.24, 2.45) is 0 Å². The molecule has 1 aliphatic heterocycles. The molecule has 2 aromatic rings. The molecule has 30 heavy (non-hydrogen) atoms. The summed E-state index contributed by atoms with van der Waals surface area (Å²) in [5.41, 5.74) is 2.02. The lowest BCUT2D eigenvalue weighted by atomic mass is 10.0. The minimum absolute atomic E-state index is 0.0625. The summed E-state index contributed by atoms with van der Waals surface area (Å²) in [7, 11) is -3.57. The molecule has 1 amide bonds. The second-order valence-corrected chi connectivity index (χ2v) is 10.1. The first-order valence-corrected chi connectivity index (χ1v) is 12.0. The number of sulfonamides is 1. The van der Waals surface area contributed by atoms with Crippen LogP contribution in [0.1, 0.15) is 38.2 Å². The van der Waals surface area contributed by atoms with E-state index in [-0.39, 0.29) is 16.8 Å². The van der Waals surface area contributed by atoms with E-state index in [0.29, 0.717) is 43.4 Å². The Bertz CT molecular complexity index is 952. The molecule has 1 saturated heterocycles. The van der Waals surface area contributed by atoms with Gasteiger partial charge in [-0.15, -0.1) is 0 Å². The largest absolute Gasteiger partial charge is 0.325 e. The van der Waals surface area contributed by atoms with Gasteiger partial charge in [0, 0.05) is 29.8 Å². The summed E-state index contributed by atoms with van der Waals surface area (Å²) in [5, 5.41) is 3.42. The topological polar surface area (TPSA) is 78.5 Å². The van der Waals surface area contributed by atoms with E-state index >= 15 is 0 Å². The Hall–Kier alpha value is -1.93. The molecule has 8 heteroatoms. The fraction of sp³-hybridized carbons (Fsp3) is 0.409. The first-order valence-electron chi connectivity index (χ1n) is 10.1. The number of anilines is 1. The number of hydrogen-bond donors (Lipinski definition) is 2. The summed E-state index contributed by atoms with van der Waals surface area (Å²) in [6.45, 7) is 5.88. The van der Waals surface area contributed by atoms with Crippen molar-refractivity contribution >= 4 is 33.2 Å². The predicted octanol–water partition coefficient (Wildman–Crippen LogP) is 3.84. The summed E-state index contributed by atoms with van der Waals surface area (Å²) in [6, 6.07) is 13.9. The zero-order chi connectivity index (χ0) is 21.7. The molecule has 0 aromatic heterocycles. The highest BCUT2D eigenvalue weighted by Gasteiger charge is 2.25. The van der Waals surface area contributed by atoms with Gasteiger partial charge in [-0.1, -0.05) is 37.6 Å². The lowest BCUT2D eigenvalue weighted by Crippen LogP contribution is -2.46. The van der Waals surface area contributed by atoms with Gasteiger partial charge in [-0.25, -0.2) is 13.1 Å². The first kappa shape index (κ1) is 22.7. The van der Waals surface area contributed by atoms with Gasteiger partial charge in [0.05, 0.1) is 11.4 Å². The van der Waals surface area contributed by atoms with Crippen molar-refractivity contribution in [2.45, 2.75) is 43.5 Å². The maximum atomic E-state index is 12.5. The fourth-order valence-electron chi connectivity index (χ4n) is 3.47. The van der Waals surface area contributed by atoms with Gasteiger partial charge >= 0.3 is 0 Å². The van der Waals surface area contributed by atoms with Crippen LogP contribution in [-0.4, -0.2) is 44.9 Å². The molecular weight excluding hydrogens is 422 g/mol. The molecule has 3 rings (SSSR count). The van der Waals surface area contributed by atoms with E-state index in [4.69, 9.17) is 11.6 Å². The van der Waals surface area contributed by atoms with Crippen LogP contribution in [0.25, 0.3) is 0 Å². The SMILES string of the molecule is CC(C)c1ccc(NC(=O)CN2CCC(NS(=O)(=O)c3ccc(Cl)cc3)CC2)cc1. The molecule has 162 valence electrons. The maximum Gasteiger partial charge on any atom is 0.240 e. The Balaban J connectivity index is 1.46. The molecule has 0 unspecified atom stereocenters. The third-order valence-electron chi connectivity index (χ3n) is 5.26. The van der Waals surface area contributed by atoms with Crippen LogP contribution < -0.4 is 10.0 Å². The quantitative estimate of drug-likeness (QED) is 0.673. The van der Waals surface area contributed by atoms with Crippen LogP contribution in [0, 0.1) is 0 Å². The average Bonchev–Trinajstić information content (AvgIpc) is 2.70. The monoisotopic (exact) mass is 449 g/mol. The van der Waals surface area contributed by atoms with Crippen molar-refractivity contribution in [2.75, 3.05) is 25.0 Å². The van der Waals surface area contributed by atoms with Crippen molar-refractivity contribution in [3.05, 3.63) is 59.1 Å². The molecule has 0 aliphatic carbocycles. The summed E-state index contributed by atoms with van der Waals surface area (Å²) in [6.07, 6.45) is 1.31.